The van der Waals surface area contributed by atoms with Gasteiger partial charge in [0, 0.05) is 24.6 Å². The van der Waals surface area contributed by atoms with Crippen LogP contribution in [0.1, 0.15) is 26.2 Å². The second-order valence-electron chi connectivity index (χ2n) is 4.72. The van der Waals surface area contributed by atoms with Crippen LogP contribution in [0.5, 0.6) is 0 Å². The number of rotatable bonds is 4. The summed E-state index contributed by atoms with van der Waals surface area (Å²) in [6.07, 6.45) is -4.50. The van der Waals surface area contributed by atoms with Crippen molar-refractivity contribution in [1.82, 2.24) is 5.32 Å². The van der Waals surface area contributed by atoms with E-state index < -0.39 is 18.8 Å². The Hall–Kier alpha value is -0.330. The zero-order valence-corrected chi connectivity index (χ0v) is 9.22. The van der Waals surface area contributed by atoms with Crippen molar-refractivity contribution in [2.75, 3.05) is 13.2 Å². The molecule has 6 heteroatoms. The minimum absolute atomic E-state index is 0.0488. The smallest absolute Gasteiger partial charge is 0.396 e. The van der Waals surface area contributed by atoms with Gasteiger partial charge in [-0.3, -0.25) is 0 Å². The van der Waals surface area contributed by atoms with E-state index in [0.717, 1.165) is 19.3 Å². The van der Waals surface area contributed by atoms with Crippen LogP contribution in [0.15, 0.2) is 0 Å². The van der Waals surface area contributed by atoms with Gasteiger partial charge in [0.15, 0.2) is 6.10 Å². The van der Waals surface area contributed by atoms with Crippen molar-refractivity contribution in [3.05, 3.63) is 0 Å². The molecule has 0 amide bonds. The third-order valence-electron chi connectivity index (χ3n) is 3.38. The van der Waals surface area contributed by atoms with Crippen LogP contribution in [0, 0.1) is 5.41 Å². The number of aliphatic hydroxyl groups is 2. The van der Waals surface area contributed by atoms with Crippen LogP contribution in [0.4, 0.5) is 13.2 Å². The first-order valence-corrected chi connectivity index (χ1v) is 5.38. The molecular formula is C10H18F3NO2. The largest absolute Gasteiger partial charge is 0.415 e. The lowest BCUT2D eigenvalue weighted by molar-refractivity contribution is -0.202. The maximum absolute atomic E-state index is 12.1. The Kier molecular flexibility index (Phi) is 4.20. The number of halogens is 3. The van der Waals surface area contributed by atoms with Crippen molar-refractivity contribution in [1.29, 1.82) is 0 Å². The average Bonchev–Trinajstić information content (AvgIpc) is 2.56. The van der Waals surface area contributed by atoms with Gasteiger partial charge in [-0.2, -0.15) is 13.2 Å². The molecule has 0 aromatic rings. The number of hydrogen-bond acceptors (Lipinski definition) is 3. The fraction of sp³-hybridized carbons (Fsp3) is 1.00. The standard InChI is InChI=1S/C10H18F3NO2/c1-9(6-15)4-2-3-7(9)14-5-8(16)10(11,12)13/h7-8,14-16H,2-6H2,1H3/t7-,8+,9-/m1/s1. The molecule has 1 aliphatic rings. The fourth-order valence-electron chi connectivity index (χ4n) is 2.14. The molecule has 3 N–H and O–H groups in total. The van der Waals surface area contributed by atoms with Crippen LogP contribution >= 0.6 is 0 Å². The molecule has 0 spiro atoms. The van der Waals surface area contributed by atoms with Gasteiger partial charge >= 0.3 is 6.18 Å². The third-order valence-corrected chi connectivity index (χ3v) is 3.38. The van der Waals surface area contributed by atoms with Gasteiger partial charge in [-0.25, -0.2) is 0 Å². The summed E-state index contributed by atoms with van der Waals surface area (Å²) in [4.78, 5) is 0. The topological polar surface area (TPSA) is 52.5 Å². The Morgan fingerprint density at radius 2 is 2.12 bits per heavy atom. The van der Waals surface area contributed by atoms with E-state index in [-0.39, 0.29) is 18.1 Å². The molecule has 0 unspecified atom stereocenters. The molecule has 0 radical (unpaired) electrons. The summed E-state index contributed by atoms with van der Waals surface area (Å²) in [7, 11) is 0. The van der Waals surface area contributed by atoms with Crippen molar-refractivity contribution in [3.63, 3.8) is 0 Å². The van der Waals surface area contributed by atoms with E-state index in [4.69, 9.17) is 5.11 Å². The van der Waals surface area contributed by atoms with E-state index in [2.05, 4.69) is 5.32 Å². The lowest BCUT2D eigenvalue weighted by Crippen LogP contribution is -2.47. The Morgan fingerprint density at radius 1 is 1.50 bits per heavy atom. The highest BCUT2D eigenvalue weighted by atomic mass is 19.4. The lowest BCUT2D eigenvalue weighted by Gasteiger charge is -2.31. The monoisotopic (exact) mass is 241 g/mol. The summed E-state index contributed by atoms with van der Waals surface area (Å²) in [6.45, 7) is 1.29. The van der Waals surface area contributed by atoms with E-state index in [1.54, 1.807) is 0 Å². The highest BCUT2D eigenvalue weighted by Gasteiger charge is 2.41. The molecule has 0 aliphatic heterocycles. The molecule has 3 atom stereocenters. The molecule has 1 rings (SSSR count). The number of hydrogen-bond donors (Lipinski definition) is 3. The minimum Gasteiger partial charge on any atom is -0.396 e. The van der Waals surface area contributed by atoms with Crippen LogP contribution in [0.3, 0.4) is 0 Å². The number of alkyl halides is 3. The SMILES string of the molecule is C[C@]1(CO)CCC[C@H]1NC[C@H](O)C(F)(F)F. The van der Waals surface area contributed by atoms with E-state index >= 15 is 0 Å². The Balaban J connectivity index is 2.44. The zero-order valence-electron chi connectivity index (χ0n) is 9.22. The van der Waals surface area contributed by atoms with Gasteiger partial charge in [0.1, 0.15) is 0 Å². The first-order chi connectivity index (χ1) is 7.29. The first-order valence-electron chi connectivity index (χ1n) is 5.38. The molecule has 3 nitrogen and oxygen atoms in total. The highest BCUT2D eigenvalue weighted by molar-refractivity contribution is 4.93. The maximum Gasteiger partial charge on any atom is 0.415 e. The quantitative estimate of drug-likeness (QED) is 0.689. The normalized spacial score (nSPS) is 33.0. The van der Waals surface area contributed by atoms with Crippen molar-refractivity contribution >= 4 is 0 Å². The summed E-state index contributed by atoms with van der Waals surface area (Å²) in [5, 5.41) is 20.7. The van der Waals surface area contributed by atoms with E-state index in [1.165, 1.54) is 0 Å². The molecule has 0 bridgehead atoms. The third kappa shape index (κ3) is 3.09. The van der Waals surface area contributed by atoms with Gasteiger partial charge in [-0.1, -0.05) is 13.3 Å². The fourth-order valence-corrected chi connectivity index (χ4v) is 2.14. The molecule has 0 saturated heterocycles. The summed E-state index contributed by atoms with van der Waals surface area (Å²) >= 11 is 0. The van der Waals surface area contributed by atoms with Crippen LogP contribution in [0.25, 0.3) is 0 Å². The number of aliphatic hydroxyl groups excluding tert-OH is 2. The molecule has 0 aromatic heterocycles. The van der Waals surface area contributed by atoms with Crippen molar-refractivity contribution < 1.29 is 23.4 Å². The van der Waals surface area contributed by atoms with Crippen LogP contribution < -0.4 is 5.32 Å². The summed E-state index contributed by atoms with van der Waals surface area (Å²) in [5.41, 5.74) is -0.370. The van der Waals surface area contributed by atoms with Gasteiger partial charge in [0.25, 0.3) is 0 Å². The lowest BCUT2D eigenvalue weighted by atomic mass is 9.86. The van der Waals surface area contributed by atoms with Gasteiger partial charge in [-0.15, -0.1) is 0 Å². The van der Waals surface area contributed by atoms with E-state index in [1.807, 2.05) is 6.92 Å². The van der Waals surface area contributed by atoms with Crippen molar-refractivity contribution in [2.45, 2.75) is 44.5 Å². The zero-order chi connectivity index (χ0) is 12.4. The molecule has 0 aromatic carbocycles. The first kappa shape index (κ1) is 13.7. The highest BCUT2D eigenvalue weighted by Crippen LogP contribution is 2.37. The van der Waals surface area contributed by atoms with Gasteiger partial charge in [0.05, 0.1) is 0 Å². The number of nitrogens with one attached hydrogen (secondary N) is 1. The predicted octanol–water partition coefficient (Wildman–Crippen LogP) is 1.05. The van der Waals surface area contributed by atoms with Gasteiger partial charge in [0.2, 0.25) is 0 Å². The molecular weight excluding hydrogens is 223 g/mol. The summed E-state index contributed by atoms with van der Waals surface area (Å²) in [5.74, 6) is 0. The van der Waals surface area contributed by atoms with Crippen LogP contribution in [-0.4, -0.2) is 41.7 Å². The molecule has 1 fully saturated rings. The molecule has 96 valence electrons. The molecule has 0 heterocycles. The van der Waals surface area contributed by atoms with E-state index in [0.29, 0.717) is 0 Å². The second-order valence-corrected chi connectivity index (χ2v) is 4.72. The Labute approximate surface area is 92.7 Å². The predicted molar refractivity (Wildman–Crippen MR) is 52.9 cm³/mol. The van der Waals surface area contributed by atoms with Crippen molar-refractivity contribution in [2.24, 2.45) is 5.41 Å². The molecule has 1 saturated carbocycles. The second kappa shape index (κ2) is 4.89. The van der Waals surface area contributed by atoms with Crippen LogP contribution in [0.2, 0.25) is 0 Å². The van der Waals surface area contributed by atoms with Crippen LogP contribution in [-0.2, 0) is 0 Å². The Bertz CT molecular complexity index is 235. The Morgan fingerprint density at radius 3 is 2.62 bits per heavy atom. The maximum atomic E-state index is 12.1. The average molecular weight is 241 g/mol. The van der Waals surface area contributed by atoms with Gasteiger partial charge in [-0.05, 0) is 12.8 Å². The molecule has 1 aliphatic carbocycles. The van der Waals surface area contributed by atoms with Gasteiger partial charge < -0.3 is 15.5 Å². The summed E-state index contributed by atoms with van der Waals surface area (Å²) < 4.78 is 36.2. The summed E-state index contributed by atoms with van der Waals surface area (Å²) in [6, 6.07) is -0.158. The molecule has 16 heavy (non-hydrogen) atoms. The van der Waals surface area contributed by atoms with E-state index in [9.17, 15) is 18.3 Å². The minimum atomic E-state index is -4.58. The van der Waals surface area contributed by atoms with Crippen molar-refractivity contribution in [3.8, 4) is 0 Å².